The molecule has 0 aromatic carbocycles. The predicted octanol–water partition coefficient (Wildman–Crippen LogP) is 2.92. The van der Waals surface area contributed by atoms with Gasteiger partial charge in [0.05, 0.1) is 11.1 Å². The van der Waals surface area contributed by atoms with Gasteiger partial charge in [-0.15, -0.1) is 11.3 Å². The molecule has 0 fully saturated rings. The molecule has 0 bridgehead atoms. The molecule has 0 amide bonds. The molecule has 0 aliphatic heterocycles. The zero-order valence-corrected chi connectivity index (χ0v) is 12.6. The average molecular weight is 306 g/mol. The van der Waals surface area contributed by atoms with E-state index in [-0.39, 0.29) is 0 Å². The number of thiophene rings is 1. The Hall–Kier alpha value is -1.67. The van der Waals surface area contributed by atoms with Crippen LogP contribution in [-0.4, -0.2) is 31.7 Å². The fourth-order valence-corrected chi connectivity index (χ4v) is 3.16. The van der Waals surface area contributed by atoms with Crippen LogP contribution in [0.5, 0.6) is 0 Å². The molecule has 0 aliphatic carbocycles. The van der Waals surface area contributed by atoms with Gasteiger partial charge >= 0.3 is 0 Å². The van der Waals surface area contributed by atoms with Gasteiger partial charge in [0.15, 0.2) is 5.16 Å². The quantitative estimate of drug-likeness (QED) is 0.682. The maximum atomic E-state index is 4.61. The molecule has 3 aromatic rings. The first kappa shape index (κ1) is 13.3. The summed E-state index contributed by atoms with van der Waals surface area (Å²) in [6.07, 6.45) is 2.57. The van der Waals surface area contributed by atoms with E-state index in [2.05, 4.69) is 43.5 Å². The van der Waals surface area contributed by atoms with Gasteiger partial charge in [-0.25, -0.2) is 15.0 Å². The average Bonchev–Trinajstić information content (AvgIpc) is 3.13. The minimum Gasteiger partial charge on any atom is -0.369 e. The Morgan fingerprint density at radius 1 is 1.40 bits per heavy atom. The van der Waals surface area contributed by atoms with E-state index >= 15 is 0 Å². The van der Waals surface area contributed by atoms with Crippen LogP contribution >= 0.6 is 23.1 Å². The van der Waals surface area contributed by atoms with E-state index in [0.29, 0.717) is 5.75 Å². The minimum atomic E-state index is 0.670. The van der Waals surface area contributed by atoms with Crippen LogP contribution in [0.15, 0.2) is 22.9 Å². The first-order valence-electron chi connectivity index (χ1n) is 6.33. The maximum Gasteiger partial charge on any atom is 0.183 e. The molecule has 6 nitrogen and oxygen atoms in total. The number of anilines is 1. The van der Waals surface area contributed by atoms with Crippen LogP contribution in [0.25, 0.3) is 10.2 Å². The minimum absolute atomic E-state index is 0.670. The fourth-order valence-electron chi connectivity index (χ4n) is 1.74. The van der Waals surface area contributed by atoms with Crippen molar-refractivity contribution in [2.45, 2.75) is 24.3 Å². The Morgan fingerprint density at radius 3 is 3.15 bits per heavy atom. The highest BCUT2D eigenvalue weighted by molar-refractivity contribution is 7.98. The van der Waals surface area contributed by atoms with Crippen LogP contribution in [0.4, 0.5) is 5.82 Å². The summed E-state index contributed by atoms with van der Waals surface area (Å²) in [7, 11) is 0. The second-order valence-corrected chi connectivity index (χ2v) is 5.99. The normalized spacial score (nSPS) is 11.1. The summed E-state index contributed by atoms with van der Waals surface area (Å²) in [5.74, 6) is 2.40. The summed E-state index contributed by atoms with van der Waals surface area (Å²) < 4.78 is 0. The highest BCUT2D eigenvalue weighted by Crippen LogP contribution is 2.26. The van der Waals surface area contributed by atoms with E-state index in [0.717, 1.165) is 40.0 Å². The predicted molar refractivity (Wildman–Crippen MR) is 82.1 cm³/mol. The fraction of sp³-hybridized carbons (Fsp3) is 0.333. The Morgan fingerprint density at radius 2 is 2.35 bits per heavy atom. The van der Waals surface area contributed by atoms with Crippen LogP contribution in [0.1, 0.15) is 19.2 Å². The van der Waals surface area contributed by atoms with Gasteiger partial charge < -0.3 is 5.32 Å². The molecule has 104 valence electrons. The topological polar surface area (TPSA) is 79.4 Å². The third kappa shape index (κ3) is 2.91. The zero-order chi connectivity index (χ0) is 13.8. The van der Waals surface area contributed by atoms with Gasteiger partial charge in [0.2, 0.25) is 0 Å². The number of aromatic amines is 1. The van der Waals surface area contributed by atoms with E-state index in [1.165, 1.54) is 6.33 Å². The van der Waals surface area contributed by atoms with Gasteiger partial charge in [0.1, 0.15) is 22.8 Å². The Labute approximate surface area is 124 Å². The van der Waals surface area contributed by atoms with Crippen LogP contribution in [0, 0.1) is 0 Å². The molecule has 0 aliphatic rings. The zero-order valence-electron chi connectivity index (χ0n) is 11.0. The largest absolute Gasteiger partial charge is 0.369 e. The second-order valence-electron chi connectivity index (χ2n) is 4.13. The monoisotopic (exact) mass is 306 g/mol. The van der Waals surface area contributed by atoms with E-state index in [1.807, 2.05) is 5.38 Å². The van der Waals surface area contributed by atoms with Gasteiger partial charge in [-0.05, 0) is 17.9 Å². The third-order valence-electron chi connectivity index (χ3n) is 2.64. The molecular formula is C12H14N6S2. The summed E-state index contributed by atoms with van der Waals surface area (Å²) in [6, 6.07) is 2.06. The molecule has 0 spiro atoms. The molecule has 3 aromatic heterocycles. The number of H-pyrrole nitrogens is 1. The van der Waals surface area contributed by atoms with Crippen molar-refractivity contribution in [1.29, 1.82) is 0 Å². The van der Waals surface area contributed by atoms with Gasteiger partial charge in [0.25, 0.3) is 0 Å². The van der Waals surface area contributed by atoms with Crippen molar-refractivity contribution in [1.82, 2.24) is 25.1 Å². The number of hydrogen-bond donors (Lipinski definition) is 2. The first-order valence-corrected chi connectivity index (χ1v) is 8.19. The van der Waals surface area contributed by atoms with Crippen LogP contribution in [0.2, 0.25) is 0 Å². The molecule has 3 rings (SSSR count). The standard InChI is InChI=1S/C12H14N6S2/c1-2-4-13-10-8-3-5-19-11(8)17-9(16-10)6-20-12-14-7-15-18-12/h3,5,7H,2,4,6H2,1H3,(H,13,16,17)(H,14,15,18). The molecule has 2 N–H and O–H groups in total. The van der Waals surface area contributed by atoms with Crippen LogP contribution < -0.4 is 5.32 Å². The maximum absolute atomic E-state index is 4.61. The lowest BCUT2D eigenvalue weighted by atomic mass is 10.3. The van der Waals surface area contributed by atoms with Gasteiger partial charge in [-0.2, -0.15) is 5.10 Å². The summed E-state index contributed by atoms with van der Waals surface area (Å²) in [5, 5.41) is 13.9. The van der Waals surface area contributed by atoms with E-state index in [4.69, 9.17) is 0 Å². The van der Waals surface area contributed by atoms with Crippen LogP contribution in [0.3, 0.4) is 0 Å². The van der Waals surface area contributed by atoms with Crippen molar-refractivity contribution >= 4 is 39.1 Å². The lowest BCUT2D eigenvalue weighted by Crippen LogP contribution is -2.05. The molecule has 0 atom stereocenters. The molecule has 0 unspecified atom stereocenters. The highest BCUT2D eigenvalue weighted by atomic mass is 32.2. The SMILES string of the molecule is CCCNc1nc(CSc2ncn[nH]2)nc2sccc12. The number of nitrogens with zero attached hydrogens (tertiary/aromatic N) is 4. The molecular weight excluding hydrogens is 292 g/mol. The number of nitrogens with one attached hydrogen (secondary N) is 2. The van der Waals surface area contributed by atoms with Crippen molar-refractivity contribution < 1.29 is 0 Å². The highest BCUT2D eigenvalue weighted by Gasteiger charge is 2.09. The van der Waals surface area contributed by atoms with E-state index in [1.54, 1.807) is 23.1 Å². The summed E-state index contributed by atoms with van der Waals surface area (Å²) in [6.45, 7) is 3.05. The summed E-state index contributed by atoms with van der Waals surface area (Å²) >= 11 is 3.18. The second kappa shape index (κ2) is 6.19. The first-order chi connectivity index (χ1) is 9.86. The van der Waals surface area contributed by atoms with Gasteiger partial charge in [-0.3, -0.25) is 5.10 Å². The number of hydrogen-bond acceptors (Lipinski definition) is 7. The number of aromatic nitrogens is 5. The summed E-state index contributed by atoms with van der Waals surface area (Å²) in [5.41, 5.74) is 0. The molecule has 8 heteroatoms. The Bertz CT molecular complexity index is 678. The molecule has 3 heterocycles. The van der Waals surface area contributed by atoms with Gasteiger partial charge in [0, 0.05) is 6.54 Å². The van der Waals surface area contributed by atoms with Crippen LogP contribution in [-0.2, 0) is 5.75 Å². The van der Waals surface area contributed by atoms with Crippen molar-refractivity contribution in [3.05, 3.63) is 23.6 Å². The van der Waals surface area contributed by atoms with Crippen molar-refractivity contribution in [2.75, 3.05) is 11.9 Å². The number of thioether (sulfide) groups is 1. The number of fused-ring (bicyclic) bond motifs is 1. The van der Waals surface area contributed by atoms with Gasteiger partial charge in [-0.1, -0.05) is 18.7 Å². The van der Waals surface area contributed by atoms with E-state index < -0.39 is 0 Å². The van der Waals surface area contributed by atoms with Crippen molar-refractivity contribution in [3.63, 3.8) is 0 Å². The molecule has 0 saturated carbocycles. The molecule has 0 radical (unpaired) electrons. The Balaban J connectivity index is 1.83. The van der Waals surface area contributed by atoms with E-state index in [9.17, 15) is 0 Å². The number of rotatable bonds is 6. The third-order valence-corrected chi connectivity index (χ3v) is 4.32. The Kier molecular flexibility index (Phi) is 4.12. The summed E-state index contributed by atoms with van der Waals surface area (Å²) in [4.78, 5) is 14.3. The molecule has 20 heavy (non-hydrogen) atoms. The smallest absolute Gasteiger partial charge is 0.183 e. The van der Waals surface area contributed by atoms with Crippen molar-refractivity contribution in [3.8, 4) is 0 Å². The van der Waals surface area contributed by atoms with Crippen molar-refractivity contribution in [2.24, 2.45) is 0 Å². The lowest BCUT2D eigenvalue weighted by molar-refractivity contribution is 0.955. The molecule has 0 saturated heterocycles. The lowest BCUT2D eigenvalue weighted by Gasteiger charge is -2.07.